The number of aromatic nitrogens is 4. The van der Waals surface area contributed by atoms with Gasteiger partial charge in [0.2, 0.25) is 5.95 Å². The highest BCUT2D eigenvalue weighted by atomic mass is 32.1. The normalized spacial score (nSPS) is 18.9. The lowest BCUT2D eigenvalue weighted by atomic mass is 9.89. The minimum Gasteiger partial charge on any atom is -0.390 e. The number of nitrogens with zero attached hydrogens (tertiary/aromatic N) is 4. The second-order valence-corrected chi connectivity index (χ2v) is 10.1. The summed E-state index contributed by atoms with van der Waals surface area (Å²) in [4.78, 5) is 18.8. The number of hydrogen-bond donors (Lipinski definition) is 3. The molecule has 1 aliphatic carbocycles. The van der Waals surface area contributed by atoms with Crippen LogP contribution in [0.3, 0.4) is 0 Å². The predicted octanol–water partition coefficient (Wildman–Crippen LogP) is 4.17. The van der Waals surface area contributed by atoms with Crippen LogP contribution in [0.4, 0.5) is 11.8 Å². The summed E-state index contributed by atoms with van der Waals surface area (Å²) in [5.74, 6) is 1.62. The topological polar surface area (TPSA) is 105 Å². The van der Waals surface area contributed by atoms with Crippen molar-refractivity contribution in [1.82, 2.24) is 19.9 Å². The van der Waals surface area contributed by atoms with Gasteiger partial charge in [0.15, 0.2) is 0 Å². The van der Waals surface area contributed by atoms with Gasteiger partial charge in [0.1, 0.15) is 16.3 Å². The van der Waals surface area contributed by atoms with Crippen LogP contribution in [0.5, 0.6) is 0 Å². The minimum absolute atomic E-state index is 0.240. The van der Waals surface area contributed by atoms with E-state index < -0.39 is 5.60 Å². The Morgan fingerprint density at radius 2 is 2.00 bits per heavy atom. The number of anilines is 2. The van der Waals surface area contributed by atoms with Crippen LogP contribution < -0.4 is 10.6 Å². The molecular weight excluding hydrogens is 424 g/mol. The van der Waals surface area contributed by atoms with Crippen LogP contribution in [0.25, 0.3) is 20.8 Å². The Kier molecular flexibility index (Phi) is 6.60. The molecule has 1 saturated carbocycles. The first-order valence-corrected chi connectivity index (χ1v) is 11.9. The molecule has 3 aromatic heterocycles. The molecule has 4 rings (SSSR count). The highest BCUT2D eigenvalue weighted by Gasteiger charge is 2.35. The zero-order chi connectivity index (χ0) is 22.9. The number of rotatable bonds is 8. The third-order valence-corrected chi connectivity index (χ3v) is 7.19. The van der Waals surface area contributed by atoms with Crippen molar-refractivity contribution in [3.63, 3.8) is 0 Å². The fourth-order valence-corrected chi connectivity index (χ4v) is 5.42. The first-order chi connectivity index (χ1) is 15.3. The van der Waals surface area contributed by atoms with Gasteiger partial charge in [0, 0.05) is 25.9 Å². The summed E-state index contributed by atoms with van der Waals surface area (Å²) in [6.07, 6.45) is 4.71. The second kappa shape index (κ2) is 9.25. The number of hydrogen-bond acceptors (Lipinski definition) is 9. The molecule has 0 saturated heterocycles. The average molecular weight is 457 g/mol. The van der Waals surface area contributed by atoms with Crippen LogP contribution in [0.15, 0.2) is 12.3 Å². The first-order valence-electron chi connectivity index (χ1n) is 11.1. The molecule has 1 aliphatic rings. The Labute approximate surface area is 192 Å². The quantitative estimate of drug-likeness (QED) is 0.434. The van der Waals surface area contributed by atoms with E-state index >= 15 is 0 Å². The first kappa shape index (κ1) is 22.8. The molecule has 0 radical (unpaired) electrons. The Hall–Kier alpha value is -2.36. The lowest BCUT2D eigenvalue weighted by molar-refractivity contribution is 0.0197. The van der Waals surface area contributed by atoms with E-state index in [1.54, 1.807) is 18.4 Å². The number of pyridine rings is 1. The van der Waals surface area contributed by atoms with E-state index in [-0.39, 0.29) is 12.0 Å². The highest BCUT2D eigenvalue weighted by molar-refractivity contribution is 7.21. The van der Waals surface area contributed by atoms with Crippen molar-refractivity contribution in [3.8, 4) is 10.6 Å². The number of fused-ring (bicyclic) bond motifs is 1. The van der Waals surface area contributed by atoms with Crippen LogP contribution in [-0.2, 0) is 4.74 Å². The minimum atomic E-state index is -0.675. The lowest BCUT2D eigenvalue weighted by Gasteiger charge is -2.25. The molecule has 8 nitrogen and oxygen atoms in total. The van der Waals surface area contributed by atoms with Crippen molar-refractivity contribution < 1.29 is 9.84 Å². The van der Waals surface area contributed by atoms with Gasteiger partial charge in [0.05, 0.1) is 33.9 Å². The van der Waals surface area contributed by atoms with E-state index in [4.69, 9.17) is 19.7 Å². The number of nitrogens with one attached hydrogen (secondary N) is 2. The standard InChI is InChI=1S/C23H32N6O2S/c1-13-18(21-28-19-14(2)24-9-8-17(19)32-21)20(29-22(26-13)25-10-11-31-5)27-16-7-6-15(12-16)23(3,4)30/h8-9,15-16,30H,6-7,10-12H2,1-5H3,(H2,25,26,27,29)/t15?,16-/m0/s1. The van der Waals surface area contributed by atoms with Crippen molar-refractivity contribution in [2.24, 2.45) is 5.92 Å². The van der Waals surface area contributed by atoms with Gasteiger partial charge in [-0.3, -0.25) is 4.98 Å². The average Bonchev–Trinajstić information content (AvgIpc) is 3.36. The molecule has 9 heteroatoms. The number of methoxy groups -OCH3 is 1. The van der Waals surface area contributed by atoms with Crippen LogP contribution in [0, 0.1) is 19.8 Å². The maximum Gasteiger partial charge on any atom is 0.224 e. The molecule has 3 N–H and O–H groups in total. The van der Waals surface area contributed by atoms with Gasteiger partial charge in [-0.25, -0.2) is 9.97 Å². The molecular formula is C23H32N6O2S. The Balaban J connectivity index is 1.70. The number of aliphatic hydroxyl groups is 1. The number of ether oxygens (including phenoxy) is 1. The molecule has 1 fully saturated rings. The van der Waals surface area contributed by atoms with E-state index in [0.29, 0.717) is 19.1 Å². The van der Waals surface area contributed by atoms with E-state index in [2.05, 4.69) is 15.6 Å². The summed E-state index contributed by atoms with van der Waals surface area (Å²) in [6.45, 7) is 8.98. The van der Waals surface area contributed by atoms with Crippen LogP contribution in [-0.4, -0.2) is 56.9 Å². The van der Waals surface area contributed by atoms with Crippen molar-refractivity contribution in [2.45, 2.75) is 58.6 Å². The van der Waals surface area contributed by atoms with Crippen molar-refractivity contribution in [1.29, 1.82) is 0 Å². The van der Waals surface area contributed by atoms with Crippen molar-refractivity contribution in [2.75, 3.05) is 30.9 Å². The highest BCUT2D eigenvalue weighted by Crippen LogP contribution is 2.39. The third-order valence-electron chi connectivity index (χ3n) is 6.16. The Morgan fingerprint density at radius 1 is 1.19 bits per heavy atom. The van der Waals surface area contributed by atoms with Crippen molar-refractivity contribution >= 4 is 33.3 Å². The predicted molar refractivity (Wildman–Crippen MR) is 129 cm³/mol. The number of aryl methyl sites for hydroxylation is 2. The molecule has 0 bridgehead atoms. The summed E-state index contributed by atoms with van der Waals surface area (Å²) in [5, 5.41) is 18.2. The van der Waals surface area contributed by atoms with Gasteiger partial charge in [-0.15, -0.1) is 11.3 Å². The van der Waals surface area contributed by atoms with Gasteiger partial charge >= 0.3 is 0 Å². The molecule has 1 unspecified atom stereocenters. The maximum absolute atomic E-state index is 10.5. The molecule has 0 aliphatic heterocycles. The van der Waals surface area contributed by atoms with Crippen LogP contribution in [0.2, 0.25) is 0 Å². The molecule has 0 aromatic carbocycles. The lowest BCUT2D eigenvalue weighted by Crippen LogP contribution is -2.30. The van der Waals surface area contributed by atoms with Gasteiger partial charge in [-0.1, -0.05) is 0 Å². The van der Waals surface area contributed by atoms with E-state index in [1.807, 2.05) is 40.0 Å². The van der Waals surface area contributed by atoms with Gasteiger partial charge in [-0.2, -0.15) is 4.98 Å². The molecule has 172 valence electrons. The van der Waals surface area contributed by atoms with Gasteiger partial charge in [0.25, 0.3) is 0 Å². The van der Waals surface area contributed by atoms with E-state index in [9.17, 15) is 5.11 Å². The zero-order valence-electron chi connectivity index (χ0n) is 19.4. The fraction of sp³-hybridized carbons (Fsp3) is 0.565. The SMILES string of the molecule is COCCNc1nc(C)c(-c2nc3c(C)nccc3s2)c(N[C@H]2CCC(C(C)(C)O)C2)n1. The van der Waals surface area contributed by atoms with Crippen LogP contribution >= 0.6 is 11.3 Å². The van der Waals surface area contributed by atoms with Crippen LogP contribution in [0.1, 0.15) is 44.5 Å². The Morgan fingerprint density at radius 3 is 2.69 bits per heavy atom. The second-order valence-electron chi connectivity index (χ2n) is 9.04. The molecule has 0 amide bonds. The summed E-state index contributed by atoms with van der Waals surface area (Å²) in [6, 6.07) is 2.24. The van der Waals surface area contributed by atoms with E-state index in [1.165, 1.54) is 0 Å². The molecule has 32 heavy (non-hydrogen) atoms. The fourth-order valence-electron chi connectivity index (χ4n) is 4.31. The smallest absolute Gasteiger partial charge is 0.224 e. The summed E-state index contributed by atoms with van der Waals surface area (Å²) in [5.41, 5.74) is 2.95. The summed E-state index contributed by atoms with van der Waals surface area (Å²) in [7, 11) is 1.67. The number of thiazole rings is 1. The van der Waals surface area contributed by atoms with Gasteiger partial charge in [-0.05, 0) is 58.9 Å². The van der Waals surface area contributed by atoms with E-state index in [0.717, 1.165) is 57.3 Å². The maximum atomic E-state index is 10.5. The molecule has 3 aromatic rings. The van der Waals surface area contributed by atoms with Crippen molar-refractivity contribution in [3.05, 3.63) is 23.7 Å². The zero-order valence-corrected chi connectivity index (χ0v) is 20.2. The molecule has 0 spiro atoms. The monoisotopic (exact) mass is 456 g/mol. The summed E-state index contributed by atoms with van der Waals surface area (Å²) >= 11 is 1.63. The summed E-state index contributed by atoms with van der Waals surface area (Å²) < 4.78 is 6.24. The molecule has 2 atom stereocenters. The van der Waals surface area contributed by atoms with Gasteiger partial charge < -0.3 is 20.5 Å². The molecule has 3 heterocycles. The Bertz CT molecular complexity index is 1090. The third kappa shape index (κ3) is 4.84. The largest absolute Gasteiger partial charge is 0.390 e.